The number of hydrogen-bond donors (Lipinski definition) is 2. The molecule has 0 aliphatic heterocycles. The second-order valence-electron chi connectivity index (χ2n) is 2.89. The van der Waals surface area contributed by atoms with Gasteiger partial charge in [0.05, 0.1) is 0 Å². The molecule has 14 heavy (non-hydrogen) atoms. The molecule has 0 aliphatic rings. The van der Waals surface area contributed by atoms with E-state index in [1.807, 2.05) is 33.8 Å². The fourth-order valence-corrected chi connectivity index (χ4v) is 1.59. The summed E-state index contributed by atoms with van der Waals surface area (Å²) in [5.74, 6) is 0. The topological polar surface area (TPSA) is 44.5 Å². The van der Waals surface area contributed by atoms with Crippen LogP contribution in [0.4, 0.5) is 0 Å². The number of rotatable bonds is 0. The average molecular weight is 209 g/mol. The Balaban J connectivity index is 0.000000461. The van der Waals surface area contributed by atoms with Gasteiger partial charge in [-0.3, -0.25) is 5.10 Å². The molecule has 0 atom stereocenters. The Kier molecular flexibility index (Phi) is 3.41. The number of pyridine rings is 1. The molecular weight excluding hydrogens is 194 g/mol. The zero-order valence-electron chi connectivity index (χ0n) is 8.93. The van der Waals surface area contributed by atoms with Crippen molar-refractivity contribution in [3.05, 3.63) is 22.1 Å². The molecule has 2 N–H and O–H groups in total. The summed E-state index contributed by atoms with van der Waals surface area (Å²) < 4.78 is 0.703. The Morgan fingerprint density at radius 2 is 1.93 bits per heavy atom. The minimum Gasteiger partial charge on any atom is -0.348 e. The Hall–Kier alpha value is -1.16. The molecule has 0 bridgehead atoms. The van der Waals surface area contributed by atoms with Gasteiger partial charge in [-0.25, -0.2) is 0 Å². The van der Waals surface area contributed by atoms with Gasteiger partial charge in [0.1, 0.15) is 10.2 Å². The summed E-state index contributed by atoms with van der Waals surface area (Å²) in [4.78, 5) is 3.06. The van der Waals surface area contributed by atoms with Crippen molar-refractivity contribution in [2.24, 2.45) is 0 Å². The van der Waals surface area contributed by atoms with E-state index in [0.717, 1.165) is 22.3 Å². The molecule has 0 aliphatic carbocycles. The maximum absolute atomic E-state index is 5.12. The van der Waals surface area contributed by atoms with E-state index in [9.17, 15) is 0 Å². The highest BCUT2D eigenvalue weighted by atomic mass is 32.1. The summed E-state index contributed by atoms with van der Waals surface area (Å²) in [6.45, 7) is 7.98. The molecule has 0 radical (unpaired) electrons. The molecular formula is C10H15N3S. The lowest BCUT2D eigenvalue weighted by molar-refractivity contribution is 1.06. The summed E-state index contributed by atoms with van der Waals surface area (Å²) >= 11 is 5.12. The van der Waals surface area contributed by atoms with E-state index < -0.39 is 0 Å². The van der Waals surface area contributed by atoms with Crippen LogP contribution in [0.2, 0.25) is 0 Å². The van der Waals surface area contributed by atoms with E-state index in [2.05, 4.69) is 15.2 Å². The Morgan fingerprint density at radius 1 is 1.29 bits per heavy atom. The van der Waals surface area contributed by atoms with E-state index in [4.69, 9.17) is 12.2 Å². The maximum atomic E-state index is 5.12. The van der Waals surface area contributed by atoms with Crippen LogP contribution in [0.3, 0.4) is 0 Å². The number of aromatic amines is 2. The summed E-state index contributed by atoms with van der Waals surface area (Å²) in [5.41, 5.74) is 2.98. The molecule has 0 saturated heterocycles. The highest BCUT2D eigenvalue weighted by Gasteiger charge is 2.02. The number of hydrogen-bond acceptors (Lipinski definition) is 2. The van der Waals surface area contributed by atoms with E-state index >= 15 is 0 Å². The third-order valence-corrected chi connectivity index (χ3v) is 2.18. The molecule has 2 aromatic rings. The van der Waals surface area contributed by atoms with Gasteiger partial charge in [-0.1, -0.05) is 26.1 Å². The maximum Gasteiger partial charge on any atom is 0.131 e. The van der Waals surface area contributed by atoms with Crippen molar-refractivity contribution < 1.29 is 0 Å². The molecule has 2 rings (SSSR count). The van der Waals surface area contributed by atoms with Crippen LogP contribution in [0.25, 0.3) is 10.9 Å². The lowest BCUT2D eigenvalue weighted by Crippen LogP contribution is -1.82. The summed E-state index contributed by atoms with van der Waals surface area (Å²) in [6, 6.07) is 2.05. The van der Waals surface area contributed by atoms with Crippen molar-refractivity contribution in [2.45, 2.75) is 27.7 Å². The smallest absolute Gasteiger partial charge is 0.131 e. The SMILES string of the molecule is CC.Cc1cc2c(C)[nH]nc2c(=S)[nH]1. The first kappa shape index (κ1) is 10.9. The van der Waals surface area contributed by atoms with Gasteiger partial charge in [0.25, 0.3) is 0 Å². The molecule has 76 valence electrons. The monoisotopic (exact) mass is 209 g/mol. The number of aromatic nitrogens is 3. The predicted molar refractivity (Wildman–Crippen MR) is 62.1 cm³/mol. The highest BCUT2D eigenvalue weighted by Crippen LogP contribution is 2.15. The second kappa shape index (κ2) is 4.37. The zero-order valence-corrected chi connectivity index (χ0v) is 9.75. The van der Waals surface area contributed by atoms with E-state index in [-0.39, 0.29) is 0 Å². The molecule has 0 unspecified atom stereocenters. The van der Waals surface area contributed by atoms with Crippen molar-refractivity contribution in [3.8, 4) is 0 Å². The third-order valence-electron chi connectivity index (χ3n) is 1.88. The second-order valence-corrected chi connectivity index (χ2v) is 3.30. The molecule has 0 fully saturated rings. The van der Waals surface area contributed by atoms with Crippen LogP contribution in [0, 0.1) is 18.5 Å². The molecule has 2 aromatic heterocycles. The van der Waals surface area contributed by atoms with Crippen LogP contribution in [0.1, 0.15) is 25.2 Å². The first-order valence-electron chi connectivity index (χ1n) is 4.73. The number of nitrogens with zero attached hydrogens (tertiary/aromatic N) is 1. The summed E-state index contributed by atoms with van der Waals surface area (Å²) in [5, 5.41) is 8.11. The lowest BCUT2D eigenvalue weighted by atomic mass is 10.2. The Morgan fingerprint density at radius 3 is 2.57 bits per heavy atom. The fourth-order valence-electron chi connectivity index (χ4n) is 1.28. The molecule has 0 saturated carbocycles. The number of fused-ring (bicyclic) bond motifs is 1. The van der Waals surface area contributed by atoms with Crippen LogP contribution in [0.15, 0.2) is 6.07 Å². The summed E-state index contributed by atoms with van der Waals surface area (Å²) in [6.07, 6.45) is 0. The fraction of sp³-hybridized carbons (Fsp3) is 0.400. The molecule has 3 nitrogen and oxygen atoms in total. The van der Waals surface area contributed by atoms with Crippen molar-refractivity contribution in [3.63, 3.8) is 0 Å². The van der Waals surface area contributed by atoms with Crippen LogP contribution in [0.5, 0.6) is 0 Å². The van der Waals surface area contributed by atoms with Gasteiger partial charge in [-0.2, -0.15) is 5.10 Å². The van der Waals surface area contributed by atoms with Crippen molar-refractivity contribution >= 4 is 23.1 Å². The first-order chi connectivity index (χ1) is 6.68. The lowest BCUT2D eigenvalue weighted by Gasteiger charge is -1.93. The minimum atomic E-state index is 0.703. The van der Waals surface area contributed by atoms with Gasteiger partial charge in [-0.15, -0.1) is 0 Å². The predicted octanol–water partition coefficient (Wildman–Crippen LogP) is 3.26. The van der Waals surface area contributed by atoms with Gasteiger partial charge < -0.3 is 4.98 Å². The van der Waals surface area contributed by atoms with Crippen molar-refractivity contribution in [1.82, 2.24) is 15.2 Å². The molecule has 0 aromatic carbocycles. The Labute approximate surface area is 88.6 Å². The number of nitrogens with one attached hydrogen (secondary N) is 2. The van der Waals surface area contributed by atoms with Crippen LogP contribution < -0.4 is 0 Å². The first-order valence-corrected chi connectivity index (χ1v) is 5.14. The standard InChI is InChI=1S/C8H9N3S.C2H6/c1-4-3-6-5(2)10-11-7(6)8(12)9-4;1-2/h3H,1-2H3,(H,9,12)(H,10,11);1-2H3. The molecule has 4 heteroatoms. The van der Waals surface area contributed by atoms with E-state index in [1.54, 1.807) is 0 Å². The molecule has 0 spiro atoms. The third kappa shape index (κ3) is 1.85. The summed E-state index contributed by atoms with van der Waals surface area (Å²) in [7, 11) is 0. The van der Waals surface area contributed by atoms with Crippen molar-refractivity contribution in [1.29, 1.82) is 0 Å². The number of aryl methyl sites for hydroxylation is 2. The Bertz CT molecular complexity index is 482. The van der Waals surface area contributed by atoms with Gasteiger partial charge >= 0.3 is 0 Å². The minimum absolute atomic E-state index is 0.703. The van der Waals surface area contributed by atoms with Crippen LogP contribution in [-0.2, 0) is 0 Å². The van der Waals surface area contributed by atoms with E-state index in [1.165, 1.54) is 0 Å². The molecule has 0 amide bonds. The largest absolute Gasteiger partial charge is 0.348 e. The van der Waals surface area contributed by atoms with Gasteiger partial charge in [0.2, 0.25) is 0 Å². The highest BCUT2D eigenvalue weighted by molar-refractivity contribution is 7.71. The van der Waals surface area contributed by atoms with Crippen LogP contribution in [-0.4, -0.2) is 15.2 Å². The quantitative estimate of drug-likeness (QED) is 0.654. The van der Waals surface area contributed by atoms with E-state index in [0.29, 0.717) is 4.64 Å². The zero-order chi connectivity index (χ0) is 10.7. The van der Waals surface area contributed by atoms with Gasteiger partial charge in [0.15, 0.2) is 0 Å². The number of H-pyrrole nitrogens is 2. The van der Waals surface area contributed by atoms with Gasteiger partial charge in [0, 0.05) is 16.8 Å². The normalized spacial score (nSPS) is 9.71. The van der Waals surface area contributed by atoms with Crippen LogP contribution >= 0.6 is 12.2 Å². The molecule has 2 heterocycles. The van der Waals surface area contributed by atoms with Gasteiger partial charge in [-0.05, 0) is 19.9 Å². The van der Waals surface area contributed by atoms with Crippen molar-refractivity contribution in [2.75, 3.05) is 0 Å². The average Bonchev–Trinajstić information content (AvgIpc) is 2.52.